The fraction of sp³-hybridized carbons (Fsp3) is 0.882. The van der Waals surface area contributed by atoms with Gasteiger partial charge in [-0.3, -0.25) is 14.5 Å². The van der Waals surface area contributed by atoms with Crippen molar-refractivity contribution in [2.45, 2.75) is 50.2 Å². The van der Waals surface area contributed by atoms with Crippen molar-refractivity contribution < 1.29 is 14.3 Å². The van der Waals surface area contributed by atoms with Gasteiger partial charge in [-0.15, -0.1) is 0 Å². The highest BCUT2D eigenvalue weighted by Gasteiger charge is 2.51. The Morgan fingerprint density at radius 3 is 2.30 bits per heavy atom. The van der Waals surface area contributed by atoms with Crippen LogP contribution in [0.25, 0.3) is 0 Å². The molecule has 0 radical (unpaired) electrons. The predicted octanol–water partition coefficient (Wildman–Crippen LogP) is 0.258. The summed E-state index contributed by atoms with van der Waals surface area (Å²) in [5.41, 5.74) is 5.36. The molecule has 4 saturated carbocycles. The molecule has 1 heterocycles. The Hall–Kier alpha value is -1.14. The number of hydrogen-bond acceptors (Lipinski definition) is 4. The van der Waals surface area contributed by atoms with Crippen LogP contribution >= 0.6 is 0 Å². The van der Waals surface area contributed by atoms with Gasteiger partial charge in [-0.25, -0.2) is 0 Å². The molecule has 1 unspecified atom stereocenters. The lowest BCUT2D eigenvalue weighted by Gasteiger charge is -2.57. The van der Waals surface area contributed by atoms with Gasteiger partial charge in [-0.1, -0.05) is 0 Å². The molecule has 23 heavy (non-hydrogen) atoms. The summed E-state index contributed by atoms with van der Waals surface area (Å²) in [5, 5.41) is 3.38. The van der Waals surface area contributed by atoms with Crippen LogP contribution in [0.15, 0.2) is 0 Å². The molecule has 3 N–H and O–H groups in total. The maximum absolute atomic E-state index is 12.6. The van der Waals surface area contributed by atoms with Crippen molar-refractivity contribution in [3.8, 4) is 0 Å². The van der Waals surface area contributed by atoms with E-state index in [4.69, 9.17) is 10.5 Å². The molecule has 5 rings (SSSR count). The van der Waals surface area contributed by atoms with Crippen LogP contribution in [0.5, 0.6) is 0 Å². The second kappa shape index (κ2) is 5.74. The number of morpholine rings is 1. The summed E-state index contributed by atoms with van der Waals surface area (Å²) in [6.07, 6.45) is 7.03. The number of carbonyl (C=O) groups excluding carboxylic acids is 2. The van der Waals surface area contributed by atoms with Gasteiger partial charge >= 0.3 is 0 Å². The zero-order valence-corrected chi connectivity index (χ0v) is 13.6. The molecule has 0 aromatic rings. The van der Waals surface area contributed by atoms with Gasteiger partial charge < -0.3 is 15.8 Å². The Kier molecular flexibility index (Phi) is 3.84. The van der Waals surface area contributed by atoms with E-state index >= 15 is 0 Å². The molecule has 128 valence electrons. The smallest absolute Gasteiger partial charge is 0.247 e. The van der Waals surface area contributed by atoms with Crippen LogP contribution in [0, 0.1) is 17.8 Å². The van der Waals surface area contributed by atoms with Crippen LogP contribution in [0.1, 0.15) is 38.5 Å². The summed E-state index contributed by atoms with van der Waals surface area (Å²) < 4.78 is 5.34. The third-order valence-corrected chi connectivity index (χ3v) is 6.28. The third-order valence-electron chi connectivity index (χ3n) is 6.28. The van der Waals surface area contributed by atoms with E-state index in [0.29, 0.717) is 26.2 Å². The Morgan fingerprint density at radius 1 is 1.13 bits per heavy atom. The van der Waals surface area contributed by atoms with Crippen molar-refractivity contribution in [2.24, 2.45) is 23.5 Å². The highest BCUT2D eigenvalue weighted by Crippen LogP contribution is 2.55. The summed E-state index contributed by atoms with van der Waals surface area (Å²) in [4.78, 5) is 25.8. The number of amides is 2. The van der Waals surface area contributed by atoms with Crippen LogP contribution in [-0.4, -0.2) is 54.6 Å². The number of nitrogens with one attached hydrogen (secondary N) is 1. The monoisotopic (exact) mass is 321 g/mol. The summed E-state index contributed by atoms with van der Waals surface area (Å²) in [6, 6.07) is 0. The third kappa shape index (κ3) is 3.11. The lowest BCUT2D eigenvalue weighted by molar-refractivity contribution is -0.139. The van der Waals surface area contributed by atoms with E-state index in [0.717, 1.165) is 17.8 Å². The molecule has 2 amide bonds. The lowest BCUT2D eigenvalue weighted by atomic mass is 9.53. The largest absolute Gasteiger partial charge is 0.367 e. The number of nitrogens with two attached hydrogens (primary N) is 1. The predicted molar refractivity (Wildman–Crippen MR) is 84.4 cm³/mol. The standard InChI is InChI=1S/C17H27N3O3/c18-16(22)14-9-20(1-2-23-14)10-15(21)19-17-6-11-3-12(7-17)5-13(4-11)8-17/h11-14H,1-10H2,(H2,18,22)(H,19,21). The maximum atomic E-state index is 12.6. The van der Waals surface area contributed by atoms with Gasteiger partial charge in [-0.2, -0.15) is 0 Å². The van der Waals surface area contributed by atoms with Gasteiger partial charge in [0.1, 0.15) is 6.10 Å². The summed E-state index contributed by atoms with van der Waals surface area (Å²) in [5.74, 6) is 2.12. The number of carbonyl (C=O) groups is 2. The van der Waals surface area contributed by atoms with Crippen LogP contribution in [0.2, 0.25) is 0 Å². The Balaban J connectivity index is 1.34. The van der Waals surface area contributed by atoms with E-state index in [1.807, 2.05) is 4.90 Å². The molecule has 1 atom stereocenters. The number of hydrogen-bond donors (Lipinski definition) is 2. The van der Waals surface area contributed by atoms with Crippen molar-refractivity contribution in [3.63, 3.8) is 0 Å². The SMILES string of the molecule is NC(=O)C1CN(CC(=O)NC23CC4CC(CC(C4)C2)C3)CCO1. The van der Waals surface area contributed by atoms with Gasteiger partial charge in [0.2, 0.25) is 11.8 Å². The van der Waals surface area contributed by atoms with Crippen molar-refractivity contribution in [1.29, 1.82) is 0 Å². The van der Waals surface area contributed by atoms with Crippen LogP contribution < -0.4 is 11.1 Å². The van der Waals surface area contributed by atoms with Crippen molar-refractivity contribution >= 4 is 11.8 Å². The molecule has 1 saturated heterocycles. The fourth-order valence-corrected chi connectivity index (χ4v) is 5.82. The molecule has 5 aliphatic rings. The van der Waals surface area contributed by atoms with Crippen LogP contribution in [0.3, 0.4) is 0 Å². The Morgan fingerprint density at radius 2 is 1.74 bits per heavy atom. The quantitative estimate of drug-likeness (QED) is 0.778. The van der Waals surface area contributed by atoms with Crippen LogP contribution in [-0.2, 0) is 14.3 Å². The molecule has 4 aliphatic carbocycles. The van der Waals surface area contributed by atoms with Crippen LogP contribution in [0.4, 0.5) is 0 Å². The molecule has 0 aromatic heterocycles. The Labute approximate surface area is 137 Å². The number of ether oxygens (including phenoxy) is 1. The average molecular weight is 321 g/mol. The molecule has 0 spiro atoms. The van der Waals surface area contributed by atoms with E-state index in [9.17, 15) is 9.59 Å². The minimum atomic E-state index is -0.587. The van der Waals surface area contributed by atoms with E-state index in [1.54, 1.807) is 0 Å². The molecular formula is C17H27N3O3. The van der Waals surface area contributed by atoms with E-state index in [-0.39, 0.29) is 11.4 Å². The van der Waals surface area contributed by atoms with Gasteiger partial charge in [0.05, 0.1) is 13.2 Å². The number of rotatable bonds is 4. The topological polar surface area (TPSA) is 84.7 Å². The summed E-state index contributed by atoms with van der Waals surface area (Å²) >= 11 is 0. The minimum absolute atomic E-state index is 0.0568. The molecule has 1 aliphatic heterocycles. The second-order valence-corrected chi connectivity index (χ2v) is 8.24. The first-order valence-corrected chi connectivity index (χ1v) is 8.96. The number of nitrogens with zero attached hydrogens (tertiary/aromatic N) is 1. The maximum Gasteiger partial charge on any atom is 0.247 e. The van der Waals surface area contributed by atoms with Crippen molar-refractivity contribution in [1.82, 2.24) is 10.2 Å². The molecule has 5 fully saturated rings. The van der Waals surface area contributed by atoms with E-state index < -0.39 is 12.0 Å². The molecule has 6 nitrogen and oxygen atoms in total. The average Bonchev–Trinajstić information content (AvgIpc) is 2.45. The summed E-state index contributed by atoms with van der Waals surface area (Å²) in [7, 11) is 0. The van der Waals surface area contributed by atoms with Gasteiger partial charge in [0, 0.05) is 18.6 Å². The molecule has 0 aromatic carbocycles. The first-order valence-electron chi connectivity index (χ1n) is 8.96. The molecule has 4 bridgehead atoms. The van der Waals surface area contributed by atoms with E-state index in [2.05, 4.69) is 5.32 Å². The zero-order chi connectivity index (χ0) is 16.0. The minimum Gasteiger partial charge on any atom is -0.367 e. The van der Waals surface area contributed by atoms with Crippen molar-refractivity contribution in [2.75, 3.05) is 26.2 Å². The highest BCUT2D eigenvalue weighted by atomic mass is 16.5. The lowest BCUT2D eigenvalue weighted by Crippen LogP contribution is -2.61. The zero-order valence-electron chi connectivity index (χ0n) is 13.6. The normalized spacial score (nSPS) is 42.6. The molecular weight excluding hydrogens is 294 g/mol. The molecule has 6 heteroatoms. The van der Waals surface area contributed by atoms with Gasteiger partial charge in [0.25, 0.3) is 0 Å². The summed E-state index contributed by atoms with van der Waals surface area (Å²) in [6.45, 7) is 1.90. The highest BCUT2D eigenvalue weighted by molar-refractivity contribution is 5.80. The second-order valence-electron chi connectivity index (χ2n) is 8.24. The van der Waals surface area contributed by atoms with Gasteiger partial charge in [0.15, 0.2) is 0 Å². The first-order chi connectivity index (χ1) is 11.0. The fourth-order valence-electron chi connectivity index (χ4n) is 5.82. The number of primary amides is 1. The van der Waals surface area contributed by atoms with Crippen molar-refractivity contribution in [3.05, 3.63) is 0 Å². The Bertz CT molecular complexity index is 472. The van der Waals surface area contributed by atoms with E-state index in [1.165, 1.54) is 38.5 Å². The van der Waals surface area contributed by atoms with Gasteiger partial charge in [-0.05, 0) is 56.3 Å². The first kappa shape index (κ1) is 15.4.